The fraction of sp³-hybridized carbons (Fsp3) is 1.00. The van der Waals surface area contributed by atoms with Crippen LogP contribution >= 0.6 is 0 Å². The molecule has 0 bridgehead atoms. The molecule has 0 aromatic carbocycles. The van der Waals surface area contributed by atoms with Crippen LogP contribution in [0.1, 0.15) is 40.0 Å². The molecule has 3 heteroatoms. The minimum absolute atomic E-state index is 0.685. The number of rotatable bonds is 8. The predicted octanol–water partition coefficient (Wildman–Crippen LogP) is 2.12. The van der Waals surface area contributed by atoms with Crippen molar-refractivity contribution in [3.05, 3.63) is 0 Å². The van der Waals surface area contributed by atoms with Gasteiger partial charge in [0, 0.05) is 19.3 Å². The molecular weight excluding hydrogens is 212 g/mol. The van der Waals surface area contributed by atoms with Crippen LogP contribution in [0.2, 0.25) is 0 Å². The second kappa shape index (κ2) is 8.90. The Labute approximate surface area is 107 Å². The van der Waals surface area contributed by atoms with Gasteiger partial charge >= 0.3 is 0 Å². The standard InChI is InChI=1S/C14H30N2O/c1-4-15-14(7-10-16(5-2)6-3)13-8-11-17-12-9-13/h13-15H,4-12H2,1-3H3. The van der Waals surface area contributed by atoms with E-state index in [2.05, 4.69) is 31.0 Å². The maximum Gasteiger partial charge on any atom is 0.0469 e. The molecule has 0 amide bonds. The normalized spacial score (nSPS) is 19.8. The molecular formula is C14H30N2O. The lowest BCUT2D eigenvalue weighted by Gasteiger charge is -2.32. The number of hydrogen-bond donors (Lipinski definition) is 1. The highest BCUT2D eigenvalue weighted by molar-refractivity contribution is 4.79. The molecule has 0 radical (unpaired) electrons. The molecule has 1 atom stereocenters. The maximum absolute atomic E-state index is 5.46. The van der Waals surface area contributed by atoms with Crippen LogP contribution in [0.4, 0.5) is 0 Å². The molecule has 102 valence electrons. The zero-order chi connectivity index (χ0) is 12.5. The highest BCUT2D eigenvalue weighted by Gasteiger charge is 2.23. The Balaban J connectivity index is 2.35. The Bertz CT molecular complexity index is 177. The monoisotopic (exact) mass is 242 g/mol. The number of ether oxygens (including phenoxy) is 1. The minimum Gasteiger partial charge on any atom is -0.381 e. The SMILES string of the molecule is CCNC(CCN(CC)CC)C1CCOCC1. The van der Waals surface area contributed by atoms with Crippen molar-refractivity contribution >= 4 is 0 Å². The van der Waals surface area contributed by atoms with Crippen LogP contribution < -0.4 is 5.32 Å². The van der Waals surface area contributed by atoms with Gasteiger partial charge in [-0.2, -0.15) is 0 Å². The van der Waals surface area contributed by atoms with Gasteiger partial charge in [-0.1, -0.05) is 20.8 Å². The van der Waals surface area contributed by atoms with Gasteiger partial charge in [0.25, 0.3) is 0 Å². The molecule has 0 saturated carbocycles. The highest BCUT2D eigenvalue weighted by Crippen LogP contribution is 2.21. The zero-order valence-electron chi connectivity index (χ0n) is 11.9. The summed E-state index contributed by atoms with van der Waals surface area (Å²) in [4.78, 5) is 2.52. The van der Waals surface area contributed by atoms with Crippen LogP contribution in [-0.4, -0.2) is 50.3 Å². The minimum atomic E-state index is 0.685. The molecule has 1 saturated heterocycles. The van der Waals surface area contributed by atoms with Crippen LogP contribution in [-0.2, 0) is 4.74 Å². The van der Waals surface area contributed by atoms with E-state index in [1.807, 2.05) is 0 Å². The Hall–Kier alpha value is -0.120. The summed E-state index contributed by atoms with van der Waals surface area (Å²) in [6.07, 6.45) is 3.74. The van der Waals surface area contributed by atoms with Crippen molar-refractivity contribution < 1.29 is 4.74 Å². The van der Waals surface area contributed by atoms with Gasteiger partial charge < -0.3 is 15.0 Å². The lowest BCUT2D eigenvalue weighted by atomic mass is 9.89. The van der Waals surface area contributed by atoms with Crippen molar-refractivity contribution in [1.29, 1.82) is 0 Å². The first-order valence-corrected chi connectivity index (χ1v) is 7.35. The Morgan fingerprint density at radius 2 is 1.82 bits per heavy atom. The quantitative estimate of drug-likeness (QED) is 0.705. The summed E-state index contributed by atoms with van der Waals surface area (Å²) in [6, 6.07) is 0.685. The van der Waals surface area contributed by atoms with Gasteiger partial charge in [0.1, 0.15) is 0 Å². The summed E-state index contributed by atoms with van der Waals surface area (Å²) in [5.74, 6) is 0.819. The van der Waals surface area contributed by atoms with E-state index in [4.69, 9.17) is 4.74 Å². The van der Waals surface area contributed by atoms with Crippen LogP contribution in [0.15, 0.2) is 0 Å². The molecule has 1 unspecified atom stereocenters. The van der Waals surface area contributed by atoms with E-state index >= 15 is 0 Å². The molecule has 1 rings (SSSR count). The number of nitrogens with one attached hydrogen (secondary N) is 1. The summed E-state index contributed by atoms with van der Waals surface area (Å²) in [5, 5.41) is 3.67. The van der Waals surface area contributed by atoms with Gasteiger partial charge in [-0.05, 0) is 51.4 Å². The first kappa shape index (κ1) is 14.9. The van der Waals surface area contributed by atoms with Crippen molar-refractivity contribution in [3.8, 4) is 0 Å². The smallest absolute Gasteiger partial charge is 0.0469 e. The fourth-order valence-electron chi connectivity index (χ4n) is 2.75. The molecule has 3 nitrogen and oxygen atoms in total. The molecule has 0 spiro atoms. The summed E-state index contributed by atoms with van der Waals surface area (Å²) < 4.78 is 5.46. The lowest BCUT2D eigenvalue weighted by molar-refractivity contribution is 0.0513. The van der Waals surface area contributed by atoms with Crippen molar-refractivity contribution in [3.63, 3.8) is 0 Å². The van der Waals surface area contributed by atoms with Crippen LogP contribution in [0.3, 0.4) is 0 Å². The third-order valence-corrected chi connectivity index (χ3v) is 3.95. The van der Waals surface area contributed by atoms with Crippen molar-refractivity contribution in [2.45, 2.75) is 46.1 Å². The third kappa shape index (κ3) is 5.36. The van der Waals surface area contributed by atoms with Crippen molar-refractivity contribution in [2.75, 3.05) is 39.4 Å². The average Bonchev–Trinajstić information content (AvgIpc) is 2.39. The average molecular weight is 242 g/mol. The second-order valence-corrected chi connectivity index (χ2v) is 4.93. The summed E-state index contributed by atoms with van der Waals surface area (Å²) in [5.41, 5.74) is 0. The topological polar surface area (TPSA) is 24.5 Å². The van der Waals surface area contributed by atoms with E-state index < -0.39 is 0 Å². The molecule has 0 aromatic heterocycles. The van der Waals surface area contributed by atoms with Crippen molar-refractivity contribution in [2.24, 2.45) is 5.92 Å². The molecule has 1 N–H and O–H groups in total. The highest BCUT2D eigenvalue weighted by atomic mass is 16.5. The largest absolute Gasteiger partial charge is 0.381 e. The second-order valence-electron chi connectivity index (χ2n) is 4.93. The van der Waals surface area contributed by atoms with Crippen LogP contribution in [0.5, 0.6) is 0 Å². The van der Waals surface area contributed by atoms with Crippen molar-refractivity contribution in [1.82, 2.24) is 10.2 Å². The van der Waals surface area contributed by atoms with Crippen LogP contribution in [0.25, 0.3) is 0 Å². The van der Waals surface area contributed by atoms with E-state index in [9.17, 15) is 0 Å². The summed E-state index contributed by atoms with van der Waals surface area (Å²) in [7, 11) is 0. The summed E-state index contributed by atoms with van der Waals surface area (Å²) >= 11 is 0. The lowest BCUT2D eigenvalue weighted by Crippen LogP contribution is -2.41. The Morgan fingerprint density at radius 3 is 2.35 bits per heavy atom. The van der Waals surface area contributed by atoms with Gasteiger partial charge in [0.05, 0.1) is 0 Å². The maximum atomic E-state index is 5.46. The van der Waals surface area contributed by atoms with E-state index in [-0.39, 0.29) is 0 Å². The summed E-state index contributed by atoms with van der Waals surface area (Å²) in [6.45, 7) is 13.3. The molecule has 1 heterocycles. The van der Waals surface area contributed by atoms with Gasteiger partial charge in [0.2, 0.25) is 0 Å². The van der Waals surface area contributed by atoms with Crippen LogP contribution in [0, 0.1) is 5.92 Å². The van der Waals surface area contributed by atoms with E-state index in [0.717, 1.165) is 25.7 Å². The van der Waals surface area contributed by atoms with Gasteiger partial charge in [-0.25, -0.2) is 0 Å². The van der Waals surface area contributed by atoms with Gasteiger partial charge in [-0.15, -0.1) is 0 Å². The molecule has 1 aliphatic rings. The van der Waals surface area contributed by atoms with E-state index in [1.54, 1.807) is 0 Å². The number of hydrogen-bond acceptors (Lipinski definition) is 3. The zero-order valence-corrected chi connectivity index (χ0v) is 11.9. The fourth-order valence-corrected chi connectivity index (χ4v) is 2.75. The number of nitrogens with zero attached hydrogens (tertiary/aromatic N) is 1. The van der Waals surface area contributed by atoms with E-state index in [0.29, 0.717) is 6.04 Å². The first-order valence-electron chi connectivity index (χ1n) is 7.35. The van der Waals surface area contributed by atoms with Gasteiger partial charge in [-0.3, -0.25) is 0 Å². The Morgan fingerprint density at radius 1 is 1.18 bits per heavy atom. The van der Waals surface area contributed by atoms with E-state index in [1.165, 1.54) is 38.9 Å². The molecule has 17 heavy (non-hydrogen) atoms. The molecule has 1 aliphatic heterocycles. The third-order valence-electron chi connectivity index (χ3n) is 3.95. The van der Waals surface area contributed by atoms with Gasteiger partial charge in [0.15, 0.2) is 0 Å². The molecule has 1 fully saturated rings. The molecule has 0 aliphatic carbocycles. The Kier molecular flexibility index (Phi) is 7.82. The first-order chi connectivity index (χ1) is 8.31. The molecule has 0 aromatic rings. The predicted molar refractivity (Wildman–Crippen MR) is 73.4 cm³/mol.